The molecule has 0 unspecified atom stereocenters. The van der Waals surface area contributed by atoms with E-state index in [-0.39, 0.29) is 17.9 Å². The summed E-state index contributed by atoms with van der Waals surface area (Å²) in [5, 5.41) is 7.22. The summed E-state index contributed by atoms with van der Waals surface area (Å²) in [4.78, 5) is 21.3. The molecule has 0 saturated carbocycles. The average Bonchev–Trinajstić information content (AvgIpc) is 3.41. The van der Waals surface area contributed by atoms with Crippen molar-refractivity contribution in [3.05, 3.63) is 54.1 Å². The minimum absolute atomic E-state index is 0.0740. The summed E-state index contributed by atoms with van der Waals surface area (Å²) in [6, 6.07) is 8.55. The molecular weight excluding hydrogens is 387 g/mol. The van der Waals surface area contributed by atoms with Gasteiger partial charge in [0.1, 0.15) is 17.3 Å². The molecule has 9 heteroatoms. The van der Waals surface area contributed by atoms with Crippen LogP contribution in [0.3, 0.4) is 0 Å². The standard InChI is InChI=1S/C21H23FN6O2/c22-16-4-1-3-15(13-16)18-5-2-7-27(18)19-6-8-28-20(25-19)17(14-23-28)24-21(29)26-9-11-30-12-10-26/h1,3-4,6,8,13-14,18H,2,5,7,9-12H2,(H,24,29)/t18-/m1/s1. The Morgan fingerprint density at radius 3 is 2.90 bits per heavy atom. The third kappa shape index (κ3) is 3.56. The molecule has 156 valence electrons. The number of amides is 2. The van der Waals surface area contributed by atoms with Crippen LogP contribution in [-0.4, -0.2) is 58.4 Å². The van der Waals surface area contributed by atoms with Gasteiger partial charge in [-0.2, -0.15) is 5.10 Å². The van der Waals surface area contributed by atoms with E-state index in [1.54, 1.807) is 27.7 Å². The third-order valence-electron chi connectivity index (χ3n) is 5.67. The first kappa shape index (κ1) is 18.8. The molecule has 2 amide bonds. The molecule has 5 rings (SSSR count). The minimum Gasteiger partial charge on any atom is -0.378 e. The van der Waals surface area contributed by atoms with Crippen LogP contribution in [0.1, 0.15) is 24.4 Å². The van der Waals surface area contributed by atoms with E-state index in [0.29, 0.717) is 37.6 Å². The van der Waals surface area contributed by atoms with Gasteiger partial charge in [-0.3, -0.25) is 0 Å². The molecular formula is C21H23FN6O2. The van der Waals surface area contributed by atoms with Crippen LogP contribution in [0.25, 0.3) is 5.65 Å². The van der Waals surface area contributed by atoms with E-state index in [4.69, 9.17) is 9.72 Å². The van der Waals surface area contributed by atoms with Crippen molar-refractivity contribution in [3.63, 3.8) is 0 Å². The van der Waals surface area contributed by atoms with Gasteiger partial charge in [0.15, 0.2) is 5.65 Å². The van der Waals surface area contributed by atoms with Crippen LogP contribution in [0.15, 0.2) is 42.7 Å². The number of nitrogens with one attached hydrogen (secondary N) is 1. The highest BCUT2D eigenvalue weighted by atomic mass is 19.1. The van der Waals surface area contributed by atoms with Gasteiger partial charge in [0.2, 0.25) is 0 Å². The smallest absolute Gasteiger partial charge is 0.322 e. The van der Waals surface area contributed by atoms with Gasteiger partial charge in [0.25, 0.3) is 0 Å². The van der Waals surface area contributed by atoms with E-state index in [1.807, 2.05) is 18.3 Å². The molecule has 4 heterocycles. The molecule has 0 spiro atoms. The van der Waals surface area contributed by atoms with Gasteiger partial charge in [-0.1, -0.05) is 12.1 Å². The van der Waals surface area contributed by atoms with Crippen LogP contribution in [0.5, 0.6) is 0 Å². The number of rotatable bonds is 3. The Morgan fingerprint density at radius 1 is 1.20 bits per heavy atom. The largest absolute Gasteiger partial charge is 0.378 e. The number of anilines is 2. The maximum absolute atomic E-state index is 13.7. The van der Waals surface area contributed by atoms with Crippen molar-refractivity contribution >= 4 is 23.2 Å². The zero-order chi connectivity index (χ0) is 20.5. The number of fused-ring (bicyclic) bond motifs is 1. The summed E-state index contributed by atoms with van der Waals surface area (Å²) in [6.07, 6.45) is 5.39. The lowest BCUT2D eigenvalue weighted by Crippen LogP contribution is -2.43. The van der Waals surface area contributed by atoms with Crippen molar-refractivity contribution in [3.8, 4) is 0 Å². The van der Waals surface area contributed by atoms with E-state index in [2.05, 4.69) is 15.3 Å². The number of ether oxygens (including phenoxy) is 1. The molecule has 30 heavy (non-hydrogen) atoms. The second-order valence-electron chi connectivity index (χ2n) is 7.55. The predicted octanol–water partition coefficient (Wildman–Crippen LogP) is 3.07. The topological polar surface area (TPSA) is 75.0 Å². The molecule has 2 aliphatic rings. The molecule has 1 N–H and O–H groups in total. The Labute approximate surface area is 173 Å². The predicted molar refractivity (Wildman–Crippen MR) is 110 cm³/mol. The molecule has 0 aliphatic carbocycles. The minimum atomic E-state index is -0.230. The number of benzene rings is 1. The molecule has 2 fully saturated rings. The number of aromatic nitrogens is 3. The third-order valence-corrected chi connectivity index (χ3v) is 5.67. The summed E-state index contributed by atoms with van der Waals surface area (Å²) in [5.74, 6) is 0.559. The molecule has 3 aromatic rings. The number of carbonyl (C=O) groups is 1. The fraction of sp³-hybridized carbons (Fsp3) is 0.381. The van der Waals surface area contributed by atoms with E-state index >= 15 is 0 Å². The second kappa shape index (κ2) is 7.91. The van der Waals surface area contributed by atoms with Crippen molar-refractivity contribution < 1.29 is 13.9 Å². The second-order valence-corrected chi connectivity index (χ2v) is 7.55. The first-order valence-corrected chi connectivity index (χ1v) is 10.2. The van der Waals surface area contributed by atoms with Gasteiger partial charge in [-0.25, -0.2) is 18.7 Å². The van der Waals surface area contributed by atoms with Gasteiger partial charge >= 0.3 is 6.03 Å². The Morgan fingerprint density at radius 2 is 2.07 bits per heavy atom. The van der Waals surface area contributed by atoms with Gasteiger partial charge in [0, 0.05) is 25.8 Å². The normalized spacial score (nSPS) is 19.4. The first-order valence-electron chi connectivity index (χ1n) is 10.2. The van der Waals surface area contributed by atoms with Crippen molar-refractivity contribution in [1.82, 2.24) is 19.5 Å². The maximum atomic E-state index is 13.7. The summed E-state index contributed by atoms with van der Waals surface area (Å²) in [6.45, 7) is 3.05. The Bertz CT molecular complexity index is 1060. The van der Waals surface area contributed by atoms with Gasteiger partial charge < -0.3 is 19.9 Å². The monoisotopic (exact) mass is 410 g/mol. The lowest BCUT2D eigenvalue weighted by atomic mass is 10.0. The average molecular weight is 410 g/mol. The highest BCUT2D eigenvalue weighted by molar-refractivity contribution is 5.93. The number of urea groups is 1. The van der Waals surface area contributed by atoms with E-state index in [1.165, 1.54) is 6.07 Å². The first-order chi connectivity index (χ1) is 14.7. The Kier molecular flexibility index (Phi) is 4.96. The lowest BCUT2D eigenvalue weighted by Gasteiger charge is -2.27. The van der Waals surface area contributed by atoms with E-state index in [9.17, 15) is 9.18 Å². The van der Waals surface area contributed by atoms with E-state index < -0.39 is 0 Å². The number of nitrogens with zero attached hydrogens (tertiary/aromatic N) is 5. The summed E-state index contributed by atoms with van der Waals surface area (Å²) >= 11 is 0. The highest BCUT2D eigenvalue weighted by Gasteiger charge is 2.28. The summed E-state index contributed by atoms with van der Waals surface area (Å²) in [7, 11) is 0. The lowest BCUT2D eigenvalue weighted by molar-refractivity contribution is 0.0565. The molecule has 2 saturated heterocycles. The number of carbonyl (C=O) groups excluding carboxylic acids is 1. The quantitative estimate of drug-likeness (QED) is 0.718. The van der Waals surface area contributed by atoms with Crippen LogP contribution in [0, 0.1) is 5.82 Å². The maximum Gasteiger partial charge on any atom is 0.322 e. The van der Waals surface area contributed by atoms with Crippen molar-refractivity contribution in [2.75, 3.05) is 43.1 Å². The van der Waals surface area contributed by atoms with Crippen LogP contribution in [0.4, 0.5) is 20.7 Å². The molecule has 1 aromatic carbocycles. The summed E-state index contributed by atoms with van der Waals surface area (Å²) < 4.78 is 20.7. The summed E-state index contributed by atoms with van der Waals surface area (Å²) in [5.41, 5.74) is 2.09. The molecule has 1 atom stereocenters. The molecule has 8 nitrogen and oxygen atoms in total. The van der Waals surface area contributed by atoms with Crippen LogP contribution >= 0.6 is 0 Å². The van der Waals surface area contributed by atoms with E-state index in [0.717, 1.165) is 30.8 Å². The number of morpholine rings is 1. The SMILES string of the molecule is O=C(Nc1cnn2ccc(N3CCC[C@@H]3c3cccc(F)c3)nc12)N1CCOCC1. The molecule has 0 radical (unpaired) electrons. The molecule has 2 aliphatic heterocycles. The fourth-order valence-electron chi connectivity index (χ4n) is 4.17. The number of halogens is 1. The zero-order valence-corrected chi connectivity index (χ0v) is 16.5. The zero-order valence-electron chi connectivity index (χ0n) is 16.5. The number of hydrogen-bond acceptors (Lipinski definition) is 5. The van der Waals surface area contributed by atoms with Crippen molar-refractivity contribution in [1.29, 1.82) is 0 Å². The highest BCUT2D eigenvalue weighted by Crippen LogP contribution is 2.35. The number of hydrogen-bond donors (Lipinski definition) is 1. The van der Waals surface area contributed by atoms with Gasteiger partial charge in [-0.05, 0) is 36.6 Å². The van der Waals surface area contributed by atoms with Crippen LogP contribution in [0.2, 0.25) is 0 Å². The molecule has 2 aromatic heterocycles. The fourth-order valence-corrected chi connectivity index (χ4v) is 4.17. The van der Waals surface area contributed by atoms with Crippen LogP contribution < -0.4 is 10.2 Å². The van der Waals surface area contributed by atoms with Crippen LogP contribution in [-0.2, 0) is 4.74 Å². The van der Waals surface area contributed by atoms with Crippen molar-refractivity contribution in [2.45, 2.75) is 18.9 Å². The Balaban J connectivity index is 1.41. The van der Waals surface area contributed by atoms with Gasteiger partial charge in [0.05, 0.1) is 25.5 Å². The van der Waals surface area contributed by atoms with Gasteiger partial charge in [-0.15, -0.1) is 0 Å². The Hall–Kier alpha value is -3.20. The molecule has 0 bridgehead atoms. The van der Waals surface area contributed by atoms with Crippen molar-refractivity contribution in [2.24, 2.45) is 0 Å².